The lowest BCUT2D eigenvalue weighted by Gasteiger charge is -2.39. The molecule has 9 nitrogen and oxygen atoms in total. The van der Waals surface area contributed by atoms with E-state index >= 15 is 0 Å². The number of ether oxygens (including phenoxy) is 2. The molecule has 2 saturated heterocycles. The van der Waals surface area contributed by atoms with Gasteiger partial charge in [0.2, 0.25) is 17.9 Å². The van der Waals surface area contributed by atoms with Crippen LogP contribution in [0.25, 0.3) is 11.1 Å². The number of nitrogens with one attached hydrogen (secondary N) is 1. The molecule has 3 heterocycles. The summed E-state index contributed by atoms with van der Waals surface area (Å²) in [4.78, 5) is 21.4. The fourth-order valence-electron chi connectivity index (χ4n) is 5.71. The minimum absolute atomic E-state index is 0.0187. The molecule has 43 heavy (non-hydrogen) atoms. The van der Waals surface area contributed by atoms with Crippen LogP contribution in [0.15, 0.2) is 42.5 Å². The molecule has 14 heteroatoms. The van der Waals surface area contributed by atoms with Crippen molar-refractivity contribution in [3.8, 4) is 22.8 Å². The van der Waals surface area contributed by atoms with Crippen LogP contribution in [-0.4, -0.2) is 59.5 Å². The molecule has 0 unspecified atom stereocenters. The summed E-state index contributed by atoms with van der Waals surface area (Å²) in [5.74, 6) is -2.02. The molecular formula is C29H30ClF4N5O4. The van der Waals surface area contributed by atoms with Gasteiger partial charge in [0.1, 0.15) is 11.9 Å². The molecule has 2 atom stereocenters. The van der Waals surface area contributed by atoms with Crippen LogP contribution < -0.4 is 25.4 Å². The first-order chi connectivity index (χ1) is 20.4. The van der Waals surface area contributed by atoms with Crippen molar-refractivity contribution < 1.29 is 36.9 Å². The van der Waals surface area contributed by atoms with Gasteiger partial charge >= 0.3 is 12.1 Å². The molecule has 0 aliphatic carbocycles. The zero-order chi connectivity index (χ0) is 30.9. The second kappa shape index (κ2) is 12.0. The molecule has 2 aliphatic rings. The average Bonchev–Trinajstić information content (AvgIpc) is 3.36. The molecule has 5 rings (SSSR count). The molecule has 0 radical (unpaired) electrons. The molecule has 2 fully saturated rings. The Morgan fingerprint density at radius 3 is 2.58 bits per heavy atom. The predicted molar refractivity (Wildman–Crippen MR) is 152 cm³/mol. The topological polar surface area (TPSA) is 123 Å². The summed E-state index contributed by atoms with van der Waals surface area (Å²) >= 11 is 6.15. The van der Waals surface area contributed by atoms with E-state index in [0.717, 1.165) is 6.07 Å². The predicted octanol–water partition coefficient (Wildman–Crippen LogP) is 5.63. The van der Waals surface area contributed by atoms with Crippen LogP contribution in [0.3, 0.4) is 0 Å². The number of aliphatic carboxylic acids is 1. The summed E-state index contributed by atoms with van der Waals surface area (Å²) < 4.78 is 69.1. The standard InChI is InChI=1S/C29H30ClF4N5O4/c1-2-42-22-6-3-16(11-20(22)31)19-12-17(30)4-5-18(19)25(29(32,33)34)43-24-13-23(37-27(35)38-24)39-9-7-28(8-10-39)14-21(26(40)41)36-15-28/h3-6,11-13,21,25,36H,2,7-10,14-15H2,1H3,(H,40,41)(H2,35,37,38)/t21-,25+/m0/s1. The van der Waals surface area contributed by atoms with Crippen LogP contribution in [0.5, 0.6) is 11.6 Å². The number of carboxylic acid groups (broad SMARTS) is 1. The molecule has 2 aromatic carbocycles. The molecule has 1 spiro atoms. The number of carbonyl (C=O) groups is 1. The highest BCUT2D eigenvalue weighted by atomic mass is 35.5. The van der Waals surface area contributed by atoms with Gasteiger partial charge in [-0.15, -0.1) is 0 Å². The number of halogens is 5. The summed E-state index contributed by atoms with van der Waals surface area (Å²) in [6.07, 6.45) is -5.56. The van der Waals surface area contributed by atoms with Crippen molar-refractivity contribution >= 4 is 29.3 Å². The Hall–Kier alpha value is -3.84. The van der Waals surface area contributed by atoms with E-state index in [0.29, 0.717) is 44.7 Å². The van der Waals surface area contributed by atoms with E-state index in [1.165, 1.54) is 36.4 Å². The van der Waals surface area contributed by atoms with Crippen molar-refractivity contribution in [3.63, 3.8) is 0 Å². The van der Waals surface area contributed by atoms with Crippen LogP contribution in [0.2, 0.25) is 5.02 Å². The second-order valence-electron chi connectivity index (χ2n) is 10.7. The van der Waals surface area contributed by atoms with Gasteiger partial charge in [-0.1, -0.05) is 23.7 Å². The number of anilines is 2. The van der Waals surface area contributed by atoms with Gasteiger partial charge < -0.3 is 30.5 Å². The molecule has 0 amide bonds. The van der Waals surface area contributed by atoms with E-state index in [1.807, 2.05) is 4.90 Å². The van der Waals surface area contributed by atoms with Gasteiger partial charge in [-0.2, -0.15) is 23.1 Å². The highest BCUT2D eigenvalue weighted by molar-refractivity contribution is 6.30. The van der Waals surface area contributed by atoms with Gasteiger partial charge in [-0.05, 0) is 67.0 Å². The first kappa shape index (κ1) is 30.6. The Labute approximate surface area is 250 Å². The molecule has 3 aromatic rings. The zero-order valence-corrected chi connectivity index (χ0v) is 23.9. The van der Waals surface area contributed by atoms with E-state index in [-0.39, 0.29) is 45.4 Å². The Bertz CT molecular complexity index is 1500. The SMILES string of the molecule is CCOc1ccc(-c2cc(Cl)ccc2[C@@H](Oc2cc(N3CCC4(CC3)CN[C@H](C(=O)O)C4)nc(N)n2)C(F)(F)F)cc1F. The number of carboxylic acids is 1. The average molecular weight is 624 g/mol. The third-order valence-electron chi connectivity index (χ3n) is 7.89. The maximum atomic E-state index is 14.7. The van der Waals surface area contributed by atoms with Crippen molar-refractivity contribution in [2.45, 2.75) is 44.5 Å². The maximum Gasteiger partial charge on any atom is 0.429 e. The third-order valence-corrected chi connectivity index (χ3v) is 8.12. The van der Waals surface area contributed by atoms with E-state index in [1.54, 1.807) is 6.92 Å². The van der Waals surface area contributed by atoms with Crippen LogP contribution in [-0.2, 0) is 4.79 Å². The Balaban J connectivity index is 1.42. The Kier molecular flexibility index (Phi) is 8.57. The lowest BCUT2D eigenvalue weighted by Crippen LogP contribution is -2.41. The van der Waals surface area contributed by atoms with Crippen LogP contribution in [0.1, 0.15) is 37.9 Å². The molecular weight excluding hydrogens is 594 g/mol. The molecule has 0 bridgehead atoms. The number of nitrogens with zero attached hydrogens (tertiary/aromatic N) is 3. The fraction of sp³-hybridized carbons (Fsp3) is 0.414. The summed E-state index contributed by atoms with van der Waals surface area (Å²) in [6, 6.07) is 8.35. The zero-order valence-electron chi connectivity index (χ0n) is 23.1. The Morgan fingerprint density at radius 2 is 1.95 bits per heavy atom. The molecule has 1 aromatic heterocycles. The van der Waals surface area contributed by atoms with E-state index in [9.17, 15) is 27.5 Å². The summed E-state index contributed by atoms with van der Waals surface area (Å²) in [5, 5.41) is 12.5. The van der Waals surface area contributed by atoms with Crippen molar-refractivity contribution in [2.75, 3.05) is 36.9 Å². The van der Waals surface area contributed by atoms with Crippen LogP contribution in [0.4, 0.5) is 29.3 Å². The van der Waals surface area contributed by atoms with Gasteiger partial charge in [0, 0.05) is 36.3 Å². The van der Waals surface area contributed by atoms with Crippen molar-refractivity contribution in [1.82, 2.24) is 15.3 Å². The quantitative estimate of drug-likeness (QED) is 0.274. The number of aromatic nitrogens is 2. The number of alkyl halides is 3. The first-order valence-corrected chi connectivity index (χ1v) is 14.1. The third kappa shape index (κ3) is 6.72. The minimum Gasteiger partial charge on any atom is -0.491 e. The largest absolute Gasteiger partial charge is 0.491 e. The number of nitrogen functional groups attached to an aromatic ring is 1. The van der Waals surface area contributed by atoms with Gasteiger partial charge in [-0.3, -0.25) is 4.79 Å². The highest BCUT2D eigenvalue weighted by Crippen LogP contribution is 2.44. The first-order valence-electron chi connectivity index (χ1n) is 13.7. The lowest BCUT2D eigenvalue weighted by molar-refractivity contribution is -0.198. The molecule has 2 aliphatic heterocycles. The van der Waals surface area contributed by atoms with Crippen molar-refractivity contribution in [2.24, 2.45) is 5.41 Å². The van der Waals surface area contributed by atoms with E-state index in [2.05, 4.69) is 15.3 Å². The van der Waals surface area contributed by atoms with Gasteiger partial charge in [0.25, 0.3) is 0 Å². The second-order valence-corrected chi connectivity index (χ2v) is 11.2. The van der Waals surface area contributed by atoms with Crippen molar-refractivity contribution in [1.29, 1.82) is 0 Å². The maximum absolute atomic E-state index is 14.7. The number of piperidine rings is 1. The van der Waals surface area contributed by atoms with Crippen molar-refractivity contribution in [3.05, 3.63) is 58.9 Å². The smallest absolute Gasteiger partial charge is 0.429 e. The monoisotopic (exact) mass is 623 g/mol. The van der Waals surface area contributed by atoms with Gasteiger partial charge in [-0.25, -0.2) is 4.39 Å². The summed E-state index contributed by atoms with van der Waals surface area (Å²) in [7, 11) is 0. The lowest BCUT2D eigenvalue weighted by atomic mass is 9.76. The Morgan fingerprint density at radius 1 is 1.21 bits per heavy atom. The van der Waals surface area contributed by atoms with Crippen LogP contribution >= 0.6 is 11.6 Å². The number of nitrogens with two attached hydrogens (primary N) is 1. The number of hydrogen-bond acceptors (Lipinski definition) is 8. The van der Waals surface area contributed by atoms with E-state index < -0.39 is 36.0 Å². The fourth-order valence-corrected chi connectivity index (χ4v) is 5.88. The number of hydrogen-bond donors (Lipinski definition) is 3. The summed E-state index contributed by atoms with van der Waals surface area (Å²) in [6.45, 7) is 3.47. The van der Waals surface area contributed by atoms with Gasteiger partial charge in [0.05, 0.1) is 6.61 Å². The highest BCUT2D eigenvalue weighted by Gasteiger charge is 2.46. The normalized spacial score (nSPS) is 18.9. The molecule has 4 N–H and O–H groups in total. The van der Waals surface area contributed by atoms with Gasteiger partial charge in [0.15, 0.2) is 11.6 Å². The van der Waals surface area contributed by atoms with E-state index in [4.69, 9.17) is 26.8 Å². The molecule has 0 saturated carbocycles. The minimum atomic E-state index is -4.90. The molecule has 230 valence electrons. The number of rotatable bonds is 8. The summed E-state index contributed by atoms with van der Waals surface area (Å²) in [5.41, 5.74) is 5.58. The van der Waals surface area contributed by atoms with Crippen LogP contribution in [0, 0.1) is 11.2 Å². The number of benzene rings is 2.